The van der Waals surface area contributed by atoms with Gasteiger partial charge in [0.1, 0.15) is 11.7 Å². The number of hydrazone groups is 1. The third-order valence-electron chi connectivity index (χ3n) is 5.77. The lowest BCUT2D eigenvalue weighted by Crippen LogP contribution is -2.33. The summed E-state index contributed by atoms with van der Waals surface area (Å²) in [4.78, 5) is 26.2. The summed E-state index contributed by atoms with van der Waals surface area (Å²) >= 11 is 0. The molecule has 9 heteroatoms. The van der Waals surface area contributed by atoms with E-state index in [9.17, 15) is 27.2 Å². The van der Waals surface area contributed by atoms with E-state index in [0.29, 0.717) is 16.7 Å². The third kappa shape index (κ3) is 5.30. The lowest BCUT2D eigenvalue weighted by molar-refractivity contribution is -0.128. The number of amides is 1. The van der Waals surface area contributed by atoms with Gasteiger partial charge in [0.15, 0.2) is 5.78 Å². The third-order valence-corrected chi connectivity index (χ3v) is 5.77. The normalized spacial score (nSPS) is 15.9. The second-order valence-corrected chi connectivity index (χ2v) is 8.48. The molecule has 4 rings (SSSR count). The van der Waals surface area contributed by atoms with Crippen LogP contribution in [-0.4, -0.2) is 24.0 Å². The van der Waals surface area contributed by atoms with Crippen molar-refractivity contribution >= 4 is 23.1 Å². The van der Waals surface area contributed by atoms with Crippen molar-refractivity contribution in [1.29, 1.82) is 0 Å². The average Bonchev–Trinajstić information content (AvgIpc) is 3.13. The topological polar surface area (TPSA) is 59.0 Å². The van der Waals surface area contributed by atoms with E-state index in [0.717, 1.165) is 11.9 Å². The highest BCUT2D eigenvalue weighted by molar-refractivity contribution is 6.27. The Labute approximate surface area is 205 Å². The molecule has 0 saturated carbocycles. The number of ether oxygens (including phenoxy) is 1. The number of carbonyl (C=O) groups is 2. The fourth-order valence-electron chi connectivity index (χ4n) is 4.07. The highest BCUT2D eigenvalue weighted by Gasteiger charge is 2.39. The van der Waals surface area contributed by atoms with E-state index in [1.165, 1.54) is 43.3 Å². The van der Waals surface area contributed by atoms with Gasteiger partial charge < -0.3 is 4.74 Å². The number of carbonyl (C=O) groups excluding carboxylic acids is 2. The van der Waals surface area contributed by atoms with E-state index < -0.39 is 30.1 Å². The number of ketones is 1. The van der Waals surface area contributed by atoms with Crippen LogP contribution in [-0.2, 0) is 21.9 Å². The van der Waals surface area contributed by atoms with Crippen molar-refractivity contribution in [2.24, 2.45) is 11.0 Å². The smallest absolute Gasteiger partial charge is 0.387 e. The Kier molecular flexibility index (Phi) is 6.92. The van der Waals surface area contributed by atoms with E-state index in [2.05, 4.69) is 9.84 Å². The highest BCUT2D eigenvalue weighted by Crippen LogP contribution is 2.36. The number of hydrogen-bond acceptors (Lipinski definition) is 4. The molecule has 5 nitrogen and oxygen atoms in total. The summed E-state index contributed by atoms with van der Waals surface area (Å²) < 4.78 is 57.9. The fraction of sp³-hybridized carbons (Fsp3) is 0.222. The molecule has 0 spiro atoms. The van der Waals surface area contributed by atoms with Crippen molar-refractivity contribution < 1.29 is 31.9 Å². The molecule has 1 unspecified atom stereocenters. The fourth-order valence-corrected chi connectivity index (χ4v) is 4.07. The van der Waals surface area contributed by atoms with Crippen LogP contribution in [0, 0.1) is 5.92 Å². The van der Waals surface area contributed by atoms with Crippen LogP contribution in [0.2, 0.25) is 0 Å². The van der Waals surface area contributed by atoms with Gasteiger partial charge in [-0.25, -0.2) is 8.78 Å². The van der Waals surface area contributed by atoms with E-state index in [4.69, 9.17) is 0 Å². The second-order valence-electron chi connectivity index (χ2n) is 8.48. The van der Waals surface area contributed by atoms with Gasteiger partial charge in [0, 0.05) is 24.5 Å². The molecule has 1 aliphatic heterocycles. The molecule has 3 aromatic carbocycles. The maximum Gasteiger partial charge on any atom is 0.387 e. The molecule has 1 amide bonds. The molecule has 1 atom stereocenters. The molecule has 0 aliphatic carbocycles. The van der Waals surface area contributed by atoms with Gasteiger partial charge in [0.25, 0.3) is 11.8 Å². The number of nitrogens with zero attached hydrogens (tertiary/aromatic N) is 2. The molecule has 0 saturated heterocycles. The predicted molar refractivity (Wildman–Crippen MR) is 127 cm³/mol. The molecular weight excluding hydrogens is 476 g/mol. The van der Waals surface area contributed by atoms with Crippen LogP contribution in [0.5, 0.6) is 5.75 Å². The number of anilines is 1. The Bertz CT molecular complexity index is 1320. The summed E-state index contributed by atoms with van der Waals surface area (Å²) in [5.74, 6) is -5.43. The SMILES string of the molecule is CC1=NN(c2ccc(OC(F)F)c(-c3ccccc3)c2)C(=O)C1C(=O)Cc1cccc(C(C)(F)F)c1. The summed E-state index contributed by atoms with van der Waals surface area (Å²) in [6.07, 6.45) is -0.225. The van der Waals surface area contributed by atoms with E-state index in [1.54, 1.807) is 36.4 Å². The molecule has 3 aromatic rings. The molecule has 0 radical (unpaired) electrons. The first kappa shape index (κ1) is 25.1. The van der Waals surface area contributed by atoms with Gasteiger partial charge in [-0.3, -0.25) is 9.59 Å². The highest BCUT2D eigenvalue weighted by atomic mass is 19.3. The zero-order chi connectivity index (χ0) is 26.0. The van der Waals surface area contributed by atoms with Crippen molar-refractivity contribution in [3.63, 3.8) is 0 Å². The lowest BCUT2D eigenvalue weighted by Gasteiger charge is -2.18. The largest absolute Gasteiger partial charge is 0.434 e. The summed E-state index contributed by atoms with van der Waals surface area (Å²) in [5.41, 5.74) is 1.55. The lowest BCUT2D eigenvalue weighted by atomic mass is 9.93. The average molecular weight is 498 g/mol. The number of Topliss-reactive ketones (excluding diaryl/α,β-unsaturated/α-hetero) is 1. The van der Waals surface area contributed by atoms with Gasteiger partial charge in [0.2, 0.25) is 0 Å². The van der Waals surface area contributed by atoms with Crippen molar-refractivity contribution in [3.05, 3.63) is 83.9 Å². The first-order valence-corrected chi connectivity index (χ1v) is 11.1. The maximum absolute atomic E-state index is 13.7. The van der Waals surface area contributed by atoms with Crippen LogP contribution in [0.1, 0.15) is 25.0 Å². The molecule has 1 aliphatic rings. The van der Waals surface area contributed by atoms with Gasteiger partial charge in [-0.15, -0.1) is 0 Å². The zero-order valence-electron chi connectivity index (χ0n) is 19.4. The van der Waals surface area contributed by atoms with Gasteiger partial charge in [-0.2, -0.15) is 18.9 Å². The maximum atomic E-state index is 13.7. The number of rotatable bonds is 8. The second kappa shape index (κ2) is 9.93. The minimum absolute atomic E-state index is 0.0764. The number of halogens is 4. The summed E-state index contributed by atoms with van der Waals surface area (Å²) in [6, 6.07) is 18.4. The Hall–Kier alpha value is -4.01. The van der Waals surface area contributed by atoms with Crippen LogP contribution < -0.4 is 9.75 Å². The Balaban J connectivity index is 1.60. The monoisotopic (exact) mass is 498 g/mol. The van der Waals surface area contributed by atoms with Crippen LogP contribution in [0.25, 0.3) is 11.1 Å². The molecule has 0 fully saturated rings. The summed E-state index contributed by atoms with van der Waals surface area (Å²) in [7, 11) is 0. The van der Waals surface area contributed by atoms with Crippen molar-refractivity contribution in [2.75, 3.05) is 5.01 Å². The van der Waals surface area contributed by atoms with Crippen LogP contribution >= 0.6 is 0 Å². The van der Waals surface area contributed by atoms with Gasteiger partial charge >= 0.3 is 6.61 Å². The molecule has 36 heavy (non-hydrogen) atoms. The number of benzene rings is 3. The molecule has 1 heterocycles. The summed E-state index contributed by atoms with van der Waals surface area (Å²) in [5, 5.41) is 5.29. The molecule has 0 N–H and O–H groups in total. The number of hydrogen-bond donors (Lipinski definition) is 0. The molecular formula is C27H22F4N2O3. The quantitative estimate of drug-likeness (QED) is 0.274. The molecule has 0 bridgehead atoms. The summed E-state index contributed by atoms with van der Waals surface area (Å²) in [6.45, 7) is -0.742. The Morgan fingerprint density at radius 2 is 1.78 bits per heavy atom. The minimum atomic E-state index is -3.06. The first-order valence-electron chi connectivity index (χ1n) is 11.1. The van der Waals surface area contributed by atoms with Crippen molar-refractivity contribution in [1.82, 2.24) is 0 Å². The van der Waals surface area contributed by atoms with E-state index in [-0.39, 0.29) is 29.1 Å². The van der Waals surface area contributed by atoms with Gasteiger partial charge in [-0.1, -0.05) is 48.5 Å². The van der Waals surface area contributed by atoms with Gasteiger partial charge in [0.05, 0.1) is 11.4 Å². The van der Waals surface area contributed by atoms with Crippen LogP contribution in [0.15, 0.2) is 77.9 Å². The van der Waals surface area contributed by atoms with Crippen molar-refractivity contribution in [2.45, 2.75) is 32.8 Å². The number of alkyl halides is 4. The van der Waals surface area contributed by atoms with E-state index >= 15 is 0 Å². The zero-order valence-corrected chi connectivity index (χ0v) is 19.4. The first-order chi connectivity index (χ1) is 17.0. The molecule has 186 valence electrons. The Morgan fingerprint density at radius 1 is 1.06 bits per heavy atom. The molecule has 0 aromatic heterocycles. The predicted octanol–water partition coefficient (Wildman–Crippen LogP) is 6.22. The van der Waals surface area contributed by atoms with Crippen LogP contribution in [0.4, 0.5) is 23.2 Å². The minimum Gasteiger partial charge on any atom is -0.434 e. The Morgan fingerprint density at radius 3 is 2.44 bits per heavy atom. The van der Waals surface area contributed by atoms with E-state index in [1.807, 2.05) is 0 Å². The van der Waals surface area contributed by atoms with Crippen LogP contribution in [0.3, 0.4) is 0 Å². The van der Waals surface area contributed by atoms with Crippen molar-refractivity contribution in [3.8, 4) is 16.9 Å². The van der Waals surface area contributed by atoms with Gasteiger partial charge in [-0.05, 0) is 42.3 Å². The standard InChI is InChI=1S/C27H22F4N2O3/c1-16-24(22(34)14-17-7-6-10-19(13-17)27(2,30)31)25(35)33(32-16)20-11-12-23(36-26(28)29)21(15-20)18-8-4-3-5-9-18/h3-13,15,24,26H,14H2,1-2H3.